The maximum atomic E-state index is 13.3. The van der Waals surface area contributed by atoms with Crippen molar-refractivity contribution in [2.24, 2.45) is 5.92 Å². The summed E-state index contributed by atoms with van der Waals surface area (Å²) < 4.78 is 0. The molecule has 4 rings (SSSR count). The summed E-state index contributed by atoms with van der Waals surface area (Å²) in [5.74, 6) is -2.41. The SMILES string of the molecule is CC(C)C1C(=O)Nc2cc(C(=O)NC(Cc3ccccc3)C(=O)O)ccc2N1C(=O)Cc1cccs1. The maximum Gasteiger partial charge on any atom is 0.326 e. The van der Waals surface area contributed by atoms with E-state index >= 15 is 0 Å². The molecule has 186 valence electrons. The molecule has 36 heavy (non-hydrogen) atoms. The van der Waals surface area contributed by atoms with Gasteiger partial charge in [-0.2, -0.15) is 0 Å². The first-order valence-electron chi connectivity index (χ1n) is 11.6. The Balaban J connectivity index is 1.59. The molecule has 0 bridgehead atoms. The van der Waals surface area contributed by atoms with Crippen LogP contribution < -0.4 is 15.5 Å². The van der Waals surface area contributed by atoms with Crippen LogP contribution >= 0.6 is 11.3 Å². The Labute approximate surface area is 212 Å². The molecule has 1 aliphatic rings. The number of carboxylic acids is 1. The van der Waals surface area contributed by atoms with Gasteiger partial charge in [0.25, 0.3) is 5.91 Å². The lowest BCUT2D eigenvalue weighted by molar-refractivity contribution is -0.139. The average Bonchev–Trinajstić information content (AvgIpc) is 3.35. The van der Waals surface area contributed by atoms with Gasteiger partial charge in [0.1, 0.15) is 12.1 Å². The van der Waals surface area contributed by atoms with Crippen molar-refractivity contribution in [2.75, 3.05) is 10.2 Å². The zero-order valence-corrected chi connectivity index (χ0v) is 20.7. The summed E-state index contributed by atoms with van der Waals surface area (Å²) in [5.41, 5.74) is 1.80. The highest BCUT2D eigenvalue weighted by Gasteiger charge is 2.39. The first-order chi connectivity index (χ1) is 17.2. The van der Waals surface area contributed by atoms with Crippen molar-refractivity contribution >= 4 is 46.4 Å². The van der Waals surface area contributed by atoms with Crippen molar-refractivity contribution in [3.8, 4) is 0 Å². The normalized spacial score (nSPS) is 15.7. The molecule has 2 atom stereocenters. The molecule has 1 aliphatic heterocycles. The van der Waals surface area contributed by atoms with E-state index in [0.29, 0.717) is 11.4 Å². The number of aliphatic carboxylic acids is 1. The van der Waals surface area contributed by atoms with Crippen LogP contribution in [0.4, 0.5) is 11.4 Å². The monoisotopic (exact) mass is 505 g/mol. The largest absolute Gasteiger partial charge is 0.480 e. The Morgan fingerprint density at radius 3 is 2.47 bits per heavy atom. The zero-order valence-electron chi connectivity index (χ0n) is 19.9. The van der Waals surface area contributed by atoms with Gasteiger partial charge in [0.15, 0.2) is 0 Å². The van der Waals surface area contributed by atoms with E-state index in [9.17, 15) is 24.3 Å². The highest BCUT2D eigenvalue weighted by molar-refractivity contribution is 7.10. The minimum Gasteiger partial charge on any atom is -0.480 e. The minimum atomic E-state index is -1.15. The smallest absolute Gasteiger partial charge is 0.326 e. The second-order valence-electron chi connectivity index (χ2n) is 8.98. The fourth-order valence-corrected chi connectivity index (χ4v) is 4.99. The molecule has 2 heterocycles. The molecule has 0 radical (unpaired) electrons. The van der Waals surface area contributed by atoms with Gasteiger partial charge in [-0.15, -0.1) is 11.3 Å². The van der Waals surface area contributed by atoms with E-state index in [1.807, 2.05) is 37.4 Å². The first kappa shape index (κ1) is 25.1. The van der Waals surface area contributed by atoms with Gasteiger partial charge in [-0.25, -0.2) is 4.79 Å². The predicted molar refractivity (Wildman–Crippen MR) is 138 cm³/mol. The van der Waals surface area contributed by atoms with Crippen LogP contribution in [0.2, 0.25) is 0 Å². The number of hydrogen-bond acceptors (Lipinski definition) is 5. The zero-order chi connectivity index (χ0) is 25.8. The molecule has 0 aliphatic carbocycles. The maximum absolute atomic E-state index is 13.3. The van der Waals surface area contributed by atoms with E-state index < -0.39 is 24.0 Å². The number of carbonyl (C=O) groups is 4. The third-order valence-corrected chi connectivity index (χ3v) is 6.89. The Kier molecular flexibility index (Phi) is 7.49. The standard InChI is InChI=1S/C27H27N3O5S/c1-16(2)24-26(33)28-20-14-18(10-11-22(20)30(24)23(31)15-19-9-6-12-36-19)25(32)29-21(27(34)35)13-17-7-4-3-5-8-17/h3-12,14,16,21,24H,13,15H2,1-2H3,(H,28,33)(H,29,32)(H,34,35). The van der Waals surface area contributed by atoms with Crippen LogP contribution in [0.1, 0.15) is 34.6 Å². The van der Waals surface area contributed by atoms with Crippen molar-refractivity contribution in [2.45, 2.75) is 38.8 Å². The second kappa shape index (κ2) is 10.7. The number of benzene rings is 2. The molecular formula is C27H27N3O5S. The number of carboxylic acid groups (broad SMARTS) is 1. The molecule has 8 nitrogen and oxygen atoms in total. The summed E-state index contributed by atoms with van der Waals surface area (Å²) >= 11 is 1.47. The van der Waals surface area contributed by atoms with Crippen molar-refractivity contribution in [3.63, 3.8) is 0 Å². The molecule has 0 spiro atoms. The average molecular weight is 506 g/mol. The topological polar surface area (TPSA) is 116 Å². The van der Waals surface area contributed by atoms with Crippen LogP contribution in [-0.2, 0) is 27.2 Å². The molecule has 2 aromatic carbocycles. The lowest BCUT2D eigenvalue weighted by Crippen LogP contribution is -2.54. The molecule has 2 unspecified atom stereocenters. The summed E-state index contributed by atoms with van der Waals surface area (Å²) in [7, 11) is 0. The van der Waals surface area contributed by atoms with E-state index in [1.165, 1.54) is 28.4 Å². The van der Waals surface area contributed by atoms with E-state index in [2.05, 4.69) is 10.6 Å². The van der Waals surface area contributed by atoms with E-state index in [0.717, 1.165) is 10.4 Å². The Hall–Kier alpha value is -3.98. The predicted octanol–water partition coefficient (Wildman–Crippen LogP) is 3.73. The number of thiophene rings is 1. The van der Waals surface area contributed by atoms with Gasteiger partial charge in [-0.1, -0.05) is 50.2 Å². The molecule has 0 saturated carbocycles. The van der Waals surface area contributed by atoms with Gasteiger partial charge in [0.05, 0.1) is 17.8 Å². The number of nitrogens with one attached hydrogen (secondary N) is 2. The van der Waals surface area contributed by atoms with E-state index in [4.69, 9.17) is 0 Å². The van der Waals surface area contributed by atoms with Crippen molar-refractivity contribution < 1.29 is 24.3 Å². The number of hydrogen-bond donors (Lipinski definition) is 3. The quantitative estimate of drug-likeness (QED) is 0.432. The van der Waals surface area contributed by atoms with E-state index in [1.54, 1.807) is 30.3 Å². The Morgan fingerprint density at radius 1 is 1.08 bits per heavy atom. The highest BCUT2D eigenvalue weighted by atomic mass is 32.1. The fourth-order valence-electron chi connectivity index (χ4n) is 4.29. The first-order valence-corrected chi connectivity index (χ1v) is 12.5. The third kappa shape index (κ3) is 5.46. The van der Waals surface area contributed by atoms with Gasteiger partial charge in [0.2, 0.25) is 11.8 Å². The summed E-state index contributed by atoms with van der Waals surface area (Å²) in [5, 5.41) is 16.9. The molecule has 3 aromatic rings. The van der Waals surface area contributed by atoms with E-state index in [-0.39, 0.29) is 36.1 Å². The number of carbonyl (C=O) groups excluding carboxylic acids is 3. The molecule has 9 heteroatoms. The van der Waals surface area contributed by atoms with Crippen LogP contribution in [0.15, 0.2) is 66.0 Å². The molecule has 0 fully saturated rings. The molecule has 3 N–H and O–H groups in total. The molecule has 1 aromatic heterocycles. The summed E-state index contributed by atoms with van der Waals surface area (Å²) in [6.07, 6.45) is 0.292. The minimum absolute atomic E-state index is 0.130. The second-order valence-corrected chi connectivity index (χ2v) is 10.0. The van der Waals surface area contributed by atoms with Crippen molar-refractivity contribution in [3.05, 3.63) is 82.0 Å². The van der Waals surface area contributed by atoms with Crippen LogP contribution in [0.5, 0.6) is 0 Å². The number of rotatable bonds is 8. The molecule has 0 saturated heterocycles. The molecule has 3 amide bonds. The summed E-state index contributed by atoms with van der Waals surface area (Å²) in [6.45, 7) is 3.75. The number of amides is 3. The Bertz CT molecular complexity index is 1270. The van der Waals surface area contributed by atoms with Gasteiger partial charge in [-0.3, -0.25) is 19.3 Å². The third-order valence-electron chi connectivity index (χ3n) is 6.01. The van der Waals surface area contributed by atoms with Gasteiger partial charge in [-0.05, 0) is 41.1 Å². The molecular weight excluding hydrogens is 478 g/mol. The van der Waals surface area contributed by atoms with Gasteiger partial charge < -0.3 is 15.7 Å². The number of nitrogens with zero attached hydrogens (tertiary/aromatic N) is 1. The van der Waals surface area contributed by atoms with Crippen LogP contribution in [0, 0.1) is 5.92 Å². The summed E-state index contributed by atoms with van der Waals surface area (Å²) in [4.78, 5) is 53.4. The van der Waals surface area contributed by atoms with Gasteiger partial charge >= 0.3 is 5.97 Å². The lowest BCUT2D eigenvalue weighted by atomic mass is 9.96. The van der Waals surface area contributed by atoms with Gasteiger partial charge in [0, 0.05) is 16.9 Å². The van der Waals surface area contributed by atoms with Crippen LogP contribution in [0.25, 0.3) is 0 Å². The highest BCUT2D eigenvalue weighted by Crippen LogP contribution is 2.36. The van der Waals surface area contributed by atoms with Crippen LogP contribution in [-0.4, -0.2) is 40.9 Å². The number of anilines is 2. The number of fused-ring (bicyclic) bond motifs is 1. The van der Waals surface area contributed by atoms with Crippen LogP contribution in [0.3, 0.4) is 0 Å². The fraction of sp³-hybridized carbons (Fsp3) is 0.259. The lowest BCUT2D eigenvalue weighted by Gasteiger charge is -2.38. The summed E-state index contributed by atoms with van der Waals surface area (Å²) in [6, 6.07) is 15.6. The van der Waals surface area contributed by atoms with Crippen molar-refractivity contribution in [1.82, 2.24) is 5.32 Å². The van der Waals surface area contributed by atoms with Crippen molar-refractivity contribution in [1.29, 1.82) is 0 Å². The Morgan fingerprint density at radius 2 is 1.83 bits per heavy atom.